The number of rotatable bonds is 5. The molecule has 0 saturated carbocycles. The highest BCUT2D eigenvalue weighted by molar-refractivity contribution is 14.0. The van der Waals surface area contributed by atoms with Crippen LogP contribution in [-0.4, -0.2) is 61.2 Å². The monoisotopic (exact) mass is 516 g/mol. The smallest absolute Gasteiger partial charge is 0.225 e. The number of halogens is 1. The molecule has 0 aliphatic carbocycles. The maximum atomic E-state index is 12.0. The SMILES string of the molecule is CCS(=O)(=O)c1cccc(CN=C(N)N2CCN(c3ncccn3)CC2)c1.I. The summed E-state index contributed by atoms with van der Waals surface area (Å²) in [4.78, 5) is 17.4. The van der Waals surface area contributed by atoms with Crippen molar-refractivity contribution in [3.8, 4) is 0 Å². The van der Waals surface area contributed by atoms with Gasteiger partial charge in [0.15, 0.2) is 15.8 Å². The van der Waals surface area contributed by atoms with Gasteiger partial charge in [0, 0.05) is 38.6 Å². The quantitative estimate of drug-likeness (QED) is 0.365. The summed E-state index contributed by atoms with van der Waals surface area (Å²) in [5.74, 6) is 1.27. The standard InChI is InChI=1S/C18H24N6O2S.HI/c1-2-27(25,26)16-6-3-5-15(13-16)14-22-17(19)23-9-11-24(12-10-23)18-20-7-4-8-21-18;/h3-8,13H,2,9-12,14H2,1H3,(H2,19,22);1H. The Hall–Kier alpha value is -1.95. The van der Waals surface area contributed by atoms with Crippen LogP contribution in [0.3, 0.4) is 0 Å². The van der Waals surface area contributed by atoms with Crippen molar-refractivity contribution in [3.05, 3.63) is 48.3 Å². The van der Waals surface area contributed by atoms with E-state index >= 15 is 0 Å². The minimum atomic E-state index is -3.22. The largest absolute Gasteiger partial charge is 0.370 e. The third-order valence-corrected chi connectivity index (χ3v) is 6.23. The molecule has 0 atom stereocenters. The molecule has 0 amide bonds. The molecular formula is C18H25IN6O2S. The fourth-order valence-electron chi connectivity index (χ4n) is 2.87. The number of benzene rings is 1. The fraction of sp³-hybridized carbons (Fsp3) is 0.389. The van der Waals surface area contributed by atoms with Gasteiger partial charge in [-0.25, -0.2) is 23.4 Å². The van der Waals surface area contributed by atoms with Gasteiger partial charge in [0.25, 0.3) is 0 Å². The topological polar surface area (TPSA) is 105 Å². The Morgan fingerprint density at radius 1 is 1.14 bits per heavy atom. The second-order valence-electron chi connectivity index (χ2n) is 6.25. The van der Waals surface area contributed by atoms with Gasteiger partial charge >= 0.3 is 0 Å². The first kappa shape index (κ1) is 22.3. The van der Waals surface area contributed by atoms with Crippen molar-refractivity contribution in [1.82, 2.24) is 14.9 Å². The molecule has 2 N–H and O–H groups in total. The lowest BCUT2D eigenvalue weighted by atomic mass is 10.2. The first-order valence-corrected chi connectivity index (χ1v) is 10.5. The Bertz CT molecular complexity index is 899. The highest BCUT2D eigenvalue weighted by Crippen LogP contribution is 2.14. The lowest BCUT2D eigenvalue weighted by molar-refractivity contribution is 0.378. The van der Waals surface area contributed by atoms with Crippen LogP contribution in [0.25, 0.3) is 0 Å². The molecule has 1 aliphatic rings. The third kappa shape index (κ3) is 5.53. The van der Waals surface area contributed by atoms with E-state index in [1.807, 2.05) is 11.0 Å². The number of anilines is 1. The molecule has 3 rings (SSSR count). The summed E-state index contributed by atoms with van der Waals surface area (Å²) in [7, 11) is -3.22. The van der Waals surface area contributed by atoms with Crippen LogP contribution in [0.1, 0.15) is 12.5 Å². The number of sulfone groups is 1. The van der Waals surface area contributed by atoms with Gasteiger partial charge in [0.2, 0.25) is 5.95 Å². The Labute approximate surface area is 182 Å². The van der Waals surface area contributed by atoms with Crippen molar-refractivity contribution >= 4 is 45.7 Å². The number of aromatic nitrogens is 2. The molecule has 0 unspecified atom stereocenters. The molecule has 152 valence electrons. The van der Waals surface area contributed by atoms with E-state index in [4.69, 9.17) is 5.73 Å². The van der Waals surface area contributed by atoms with Crippen LogP contribution in [0.4, 0.5) is 5.95 Å². The van der Waals surface area contributed by atoms with Crippen molar-refractivity contribution in [2.24, 2.45) is 10.7 Å². The van der Waals surface area contributed by atoms with Crippen LogP contribution in [-0.2, 0) is 16.4 Å². The minimum absolute atomic E-state index is 0. The van der Waals surface area contributed by atoms with E-state index in [9.17, 15) is 8.42 Å². The molecule has 2 aromatic rings. The minimum Gasteiger partial charge on any atom is -0.370 e. The van der Waals surface area contributed by atoms with Gasteiger partial charge in [-0.3, -0.25) is 0 Å². The Morgan fingerprint density at radius 2 is 1.82 bits per heavy atom. The number of hydrogen-bond donors (Lipinski definition) is 1. The summed E-state index contributed by atoms with van der Waals surface area (Å²) in [5, 5.41) is 0. The molecule has 1 aromatic heterocycles. The molecule has 0 spiro atoms. The van der Waals surface area contributed by atoms with Gasteiger partial charge < -0.3 is 15.5 Å². The van der Waals surface area contributed by atoms with Gasteiger partial charge in [-0.1, -0.05) is 19.1 Å². The molecule has 8 nitrogen and oxygen atoms in total. The van der Waals surface area contributed by atoms with E-state index < -0.39 is 9.84 Å². The highest BCUT2D eigenvalue weighted by Gasteiger charge is 2.20. The average Bonchev–Trinajstić information content (AvgIpc) is 2.73. The van der Waals surface area contributed by atoms with E-state index in [-0.39, 0.29) is 29.7 Å². The maximum Gasteiger partial charge on any atom is 0.225 e. The molecular weight excluding hydrogens is 491 g/mol. The molecule has 0 bridgehead atoms. The molecule has 1 aromatic carbocycles. The average molecular weight is 516 g/mol. The summed E-state index contributed by atoms with van der Waals surface area (Å²) < 4.78 is 24.0. The van der Waals surface area contributed by atoms with E-state index in [2.05, 4.69) is 19.9 Å². The number of nitrogens with two attached hydrogens (primary N) is 1. The summed E-state index contributed by atoms with van der Waals surface area (Å²) in [6.45, 7) is 4.99. The molecule has 2 heterocycles. The fourth-order valence-corrected chi connectivity index (χ4v) is 3.82. The van der Waals surface area contributed by atoms with Gasteiger partial charge in [-0.15, -0.1) is 24.0 Å². The second-order valence-corrected chi connectivity index (χ2v) is 8.53. The van der Waals surface area contributed by atoms with Crippen LogP contribution in [0.15, 0.2) is 52.6 Å². The highest BCUT2D eigenvalue weighted by atomic mass is 127. The summed E-state index contributed by atoms with van der Waals surface area (Å²) in [6.07, 6.45) is 3.47. The summed E-state index contributed by atoms with van der Waals surface area (Å²) in [5.41, 5.74) is 6.96. The molecule has 1 saturated heterocycles. The van der Waals surface area contributed by atoms with Crippen molar-refractivity contribution < 1.29 is 8.42 Å². The van der Waals surface area contributed by atoms with Crippen molar-refractivity contribution in [3.63, 3.8) is 0 Å². The lowest BCUT2D eigenvalue weighted by Gasteiger charge is -2.35. The molecule has 10 heteroatoms. The van der Waals surface area contributed by atoms with Crippen LogP contribution in [0.2, 0.25) is 0 Å². The number of aliphatic imine (C=N–C) groups is 1. The van der Waals surface area contributed by atoms with Gasteiger partial charge in [0.1, 0.15) is 0 Å². The Balaban J connectivity index is 0.00000280. The summed E-state index contributed by atoms with van der Waals surface area (Å²) >= 11 is 0. The second kappa shape index (κ2) is 10.0. The van der Waals surface area contributed by atoms with Crippen LogP contribution >= 0.6 is 24.0 Å². The molecule has 0 radical (unpaired) electrons. The zero-order chi connectivity index (χ0) is 19.3. The van der Waals surface area contributed by atoms with Crippen LogP contribution in [0.5, 0.6) is 0 Å². The van der Waals surface area contributed by atoms with Gasteiger partial charge in [0.05, 0.1) is 17.2 Å². The zero-order valence-electron chi connectivity index (χ0n) is 15.7. The Kier molecular flexibility index (Phi) is 7.98. The summed E-state index contributed by atoms with van der Waals surface area (Å²) in [6, 6.07) is 8.67. The third-order valence-electron chi connectivity index (χ3n) is 4.50. The lowest BCUT2D eigenvalue weighted by Crippen LogP contribution is -2.51. The van der Waals surface area contributed by atoms with E-state index in [1.165, 1.54) is 0 Å². The maximum absolute atomic E-state index is 12.0. The van der Waals surface area contributed by atoms with Crippen LogP contribution < -0.4 is 10.6 Å². The van der Waals surface area contributed by atoms with Gasteiger partial charge in [-0.2, -0.15) is 0 Å². The number of piperazine rings is 1. The van der Waals surface area contributed by atoms with Gasteiger partial charge in [-0.05, 0) is 23.8 Å². The van der Waals surface area contributed by atoms with E-state index in [0.717, 1.165) is 37.7 Å². The first-order valence-electron chi connectivity index (χ1n) is 8.88. The Morgan fingerprint density at radius 3 is 2.46 bits per heavy atom. The van der Waals surface area contributed by atoms with E-state index in [0.29, 0.717) is 17.4 Å². The van der Waals surface area contributed by atoms with Crippen LogP contribution in [0, 0.1) is 0 Å². The predicted octanol–water partition coefficient (Wildman–Crippen LogP) is 1.53. The normalized spacial score (nSPS) is 15.2. The molecule has 28 heavy (non-hydrogen) atoms. The number of nitrogens with zero attached hydrogens (tertiary/aromatic N) is 5. The molecule has 1 aliphatic heterocycles. The van der Waals surface area contributed by atoms with Crippen molar-refractivity contribution in [2.45, 2.75) is 18.4 Å². The van der Waals surface area contributed by atoms with Crippen molar-refractivity contribution in [2.75, 3.05) is 36.8 Å². The predicted molar refractivity (Wildman–Crippen MR) is 121 cm³/mol. The zero-order valence-corrected chi connectivity index (χ0v) is 18.9. The van der Waals surface area contributed by atoms with Crippen molar-refractivity contribution in [1.29, 1.82) is 0 Å². The number of guanidine groups is 1. The molecule has 1 fully saturated rings. The van der Waals surface area contributed by atoms with E-state index in [1.54, 1.807) is 43.6 Å². The first-order chi connectivity index (χ1) is 13.0. The number of hydrogen-bond acceptors (Lipinski definition) is 6.